The van der Waals surface area contributed by atoms with E-state index in [1.165, 1.54) is 35.8 Å². The molecule has 7 nitrogen and oxygen atoms in total. The van der Waals surface area contributed by atoms with Crippen molar-refractivity contribution in [3.63, 3.8) is 0 Å². The Hall–Kier alpha value is -3.90. The van der Waals surface area contributed by atoms with Gasteiger partial charge < -0.3 is 19.9 Å². The average Bonchev–Trinajstić information content (AvgIpc) is 3.35. The lowest BCUT2D eigenvalue weighted by atomic mass is 9.98. The Bertz CT molecular complexity index is 1420. The van der Waals surface area contributed by atoms with Crippen molar-refractivity contribution in [2.24, 2.45) is 0 Å². The highest BCUT2D eigenvalue weighted by Crippen LogP contribution is 2.32. The highest BCUT2D eigenvalue weighted by atomic mass is 19.4. The van der Waals surface area contributed by atoms with E-state index in [2.05, 4.69) is 25.6 Å². The monoisotopic (exact) mass is 573 g/mol. The summed E-state index contributed by atoms with van der Waals surface area (Å²) in [4.78, 5) is 11.5. The number of rotatable bonds is 7. The maximum Gasteiger partial charge on any atom is 0.490 e. The summed E-state index contributed by atoms with van der Waals surface area (Å²) in [6.07, 6.45) is -1.11. The molecule has 2 aromatic carbocycles. The first-order chi connectivity index (χ1) is 19.6. The van der Waals surface area contributed by atoms with Crippen LogP contribution in [0.3, 0.4) is 0 Å². The predicted molar refractivity (Wildman–Crippen MR) is 143 cm³/mol. The van der Waals surface area contributed by atoms with Gasteiger partial charge in [0.05, 0.1) is 17.7 Å². The smallest absolute Gasteiger partial charge is 0.454 e. The van der Waals surface area contributed by atoms with Gasteiger partial charge in [-0.15, -0.1) is 10.2 Å². The number of hydrogen-bond acceptors (Lipinski definition) is 6. The molecule has 2 N–H and O–H groups in total. The van der Waals surface area contributed by atoms with Crippen LogP contribution in [0, 0.1) is 11.6 Å². The van der Waals surface area contributed by atoms with Crippen LogP contribution in [0.4, 0.5) is 22.0 Å². The van der Waals surface area contributed by atoms with Crippen molar-refractivity contribution in [3.05, 3.63) is 71.3 Å². The Morgan fingerprint density at radius 1 is 0.902 bits per heavy atom. The molecule has 41 heavy (non-hydrogen) atoms. The van der Waals surface area contributed by atoms with E-state index in [1.54, 1.807) is 12.1 Å². The second kappa shape index (κ2) is 11.9. The lowest BCUT2D eigenvalue weighted by Crippen LogP contribution is -2.31. The number of hydrogen-bond donors (Lipinski definition) is 2. The molecule has 3 aromatic rings. The minimum atomic E-state index is -5.19. The molecule has 216 valence electrons. The van der Waals surface area contributed by atoms with Crippen LogP contribution in [0.15, 0.2) is 48.6 Å². The van der Waals surface area contributed by atoms with E-state index >= 15 is 8.78 Å². The van der Waals surface area contributed by atoms with Crippen LogP contribution in [0.2, 0.25) is 0 Å². The molecular formula is C29H28F5N5O2. The first-order valence-electron chi connectivity index (χ1n) is 13.2. The zero-order valence-corrected chi connectivity index (χ0v) is 22.2. The normalized spacial score (nSPS) is 16.6. The van der Waals surface area contributed by atoms with Gasteiger partial charge >= 0.3 is 12.1 Å². The summed E-state index contributed by atoms with van der Waals surface area (Å²) in [6.45, 7) is 3.74. The van der Waals surface area contributed by atoms with Crippen LogP contribution in [0.25, 0.3) is 33.9 Å². The summed E-state index contributed by atoms with van der Waals surface area (Å²) in [5.74, 6) is -3.70. The molecule has 1 unspecified atom stereocenters. The molecule has 0 saturated carbocycles. The Balaban J connectivity index is 1.53. The summed E-state index contributed by atoms with van der Waals surface area (Å²) in [6, 6.07) is 9.19. The molecule has 1 aromatic heterocycles. The number of carbonyl (C=O) groups excluding carboxylic acids is 1. The number of nitrogens with zero attached hydrogens (tertiary/aromatic N) is 3. The second-order valence-corrected chi connectivity index (χ2v) is 9.93. The second-order valence-electron chi connectivity index (χ2n) is 9.93. The number of ether oxygens (including phenoxy) is 1. The van der Waals surface area contributed by atoms with Crippen LogP contribution < -0.4 is 10.6 Å². The molecule has 5 rings (SSSR count). The van der Waals surface area contributed by atoms with Gasteiger partial charge in [0.15, 0.2) is 11.6 Å². The van der Waals surface area contributed by atoms with Gasteiger partial charge in [0.25, 0.3) is 0 Å². The van der Waals surface area contributed by atoms with E-state index in [0.29, 0.717) is 24.2 Å². The zero-order chi connectivity index (χ0) is 29.1. The fourth-order valence-electron chi connectivity index (χ4n) is 4.98. The molecule has 2 aliphatic rings. The summed E-state index contributed by atoms with van der Waals surface area (Å²) < 4.78 is 75.3. The molecule has 1 atom stereocenters. The quantitative estimate of drug-likeness (QED) is 0.301. The summed E-state index contributed by atoms with van der Waals surface area (Å²) in [7, 11) is 0. The van der Waals surface area contributed by atoms with E-state index < -0.39 is 29.9 Å². The molecular weight excluding hydrogens is 545 g/mol. The molecule has 0 aliphatic carbocycles. The fourth-order valence-corrected chi connectivity index (χ4v) is 4.98. The van der Waals surface area contributed by atoms with E-state index in [9.17, 15) is 18.0 Å². The van der Waals surface area contributed by atoms with E-state index in [4.69, 9.17) is 0 Å². The Labute approximate surface area is 233 Å². The zero-order valence-electron chi connectivity index (χ0n) is 22.2. The highest BCUT2D eigenvalue weighted by molar-refractivity contribution is 5.76. The first-order valence-corrected chi connectivity index (χ1v) is 13.2. The minimum Gasteiger partial charge on any atom is -0.454 e. The van der Waals surface area contributed by atoms with Crippen LogP contribution >= 0.6 is 0 Å². The number of aromatic nitrogens is 3. The van der Waals surface area contributed by atoms with Gasteiger partial charge in [0.2, 0.25) is 0 Å². The third kappa shape index (κ3) is 6.38. The van der Waals surface area contributed by atoms with Crippen LogP contribution in [-0.4, -0.2) is 59.2 Å². The van der Waals surface area contributed by atoms with Gasteiger partial charge in [-0.1, -0.05) is 24.3 Å². The largest absolute Gasteiger partial charge is 0.490 e. The number of halogens is 5. The van der Waals surface area contributed by atoms with Crippen molar-refractivity contribution in [1.82, 2.24) is 25.4 Å². The SMILES string of the molecule is CC(Cn1c(-c2ccc(C3=CCNCC3)cc2F)nnc1-c1ccc(C2=CCNCC2)cc1F)OC(=O)C(F)(F)F. The van der Waals surface area contributed by atoms with Crippen molar-refractivity contribution in [2.75, 3.05) is 26.2 Å². The van der Waals surface area contributed by atoms with Gasteiger partial charge in [-0.2, -0.15) is 13.2 Å². The highest BCUT2D eigenvalue weighted by Gasteiger charge is 2.42. The van der Waals surface area contributed by atoms with Crippen molar-refractivity contribution in [3.8, 4) is 22.8 Å². The molecule has 0 amide bonds. The van der Waals surface area contributed by atoms with Crippen LogP contribution in [-0.2, 0) is 16.1 Å². The van der Waals surface area contributed by atoms with Crippen molar-refractivity contribution in [2.45, 2.75) is 38.6 Å². The van der Waals surface area contributed by atoms with Crippen molar-refractivity contribution < 1.29 is 31.5 Å². The number of esters is 1. The van der Waals surface area contributed by atoms with Crippen molar-refractivity contribution in [1.29, 1.82) is 0 Å². The lowest BCUT2D eigenvalue weighted by molar-refractivity contribution is -0.204. The van der Waals surface area contributed by atoms with Crippen LogP contribution in [0.1, 0.15) is 30.9 Å². The molecule has 0 fully saturated rings. The molecule has 0 radical (unpaired) electrons. The topological polar surface area (TPSA) is 81.1 Å². The predicted octanol–water partition coefficient (Wildman–Crippen LogP) is 5.14. The summed E-state index contributed by atoms with van der Waals surface area (Å²) >= 11 is 0. The number of alkyl halides is 3. The van der Waals surface area contributed by atoms with Gasteiger partial charge in [0.1, 0.15) is 17.7 Å². The first kappa shape index (κ1) is 28.6. The Kier molecular flexibility index (Phi) is 8.32. The van der Waals surface area contributed by atoms with E-state index in [-0.39, 0.29) is 29.3 Å². The average molecular weight is 574 g/mol. The fraction of sp³-hybridized carbons (Fsp3) is 0.345. The molecule has 3 heterocycles. The van der Waals surface area contributed by atoms with Gasteiger partial charge in [0, 0.05) is 13.1 Å². The number of carbonyl (C=O) groups is 1. The van der Waals surface area contributed by atoms with E-state index in [1.807, 2.05) is 12.2 Å². The number of nitrogens with one attached hydrogen (secondary N) is 2. The van der Waals surface area contributed by atoms with E-state index in [0.717, 1.165) is 37.1 Å². The third-order valence-corrected chi connectivity index (χ3v) is 7.02. The number of benzene rings is 2. The lowest BCUT2D eigenvalue weighted by Gasteiger charge is -2.19. The van der Waals surface area contributed by atoms with Gasteiger partial charge in [-0.05, 0) is 79.4 Å². The minimum absolute atomic E-state index is 0.0215. The molecule has 0 bridgehead atoms. The standard InChI is InChI=1S/C29H28F5N5O2/c1-17(41-28(40)29(32,33)34)16-39-26(22-4-2-20(14-24(22)30)18-6-10-35-11-7-18)37-38-27(39)23-5-3-21(15-25(23)31)19-8-12-36-13-9-19/h2-6,8,14-15,17,35-36H,7,9-13,16H2,1H3. The van der Waals surface area contributed by atoms with Crippen LogP contribution in [0.5, 0.6) is 0 Å². The Morgan fingerprint density at radius 3 is 1.78 bits per heavy atom. The molecule has 2 aliphatic heterocycles. The van der Waals surface area contributed by atoms with Gasteiger partial charge in [-0.3, -0.25) is 0 Å². The molecule has 0 saturated heterocycles. The maximum absolute atomic E-state index is 15.5. The van der Waals surface area contributed by atoms with Crippen molar-refractivity contribution >= 4 is 17.1 Å². The Morgan fingerprint density at radius 2 is 1.39 bits per heavy atom. The summed E-state index contributed by atoms with van der Waals surface area (Å²) in [5.41, 5.74) is 3.40. The molecule has 12 heteroatoms. The van der Waals surface area contributed by atoms with Gasteiger partial charge in [-0.25, -0.2) is 13.6 Å². The maximum atomic E-state index is 15.5. The summed E-state index contributed by atoms with van der Waals surface area (Å²) in [5, 5.41) is 14.6. The molecule has 0 spiro atoms. The third-order valence-electron chi connectivity index (χ3n) is 7.02.